The first-order valence-electron chi connectivity index (χ1n) is 4.99. The Kier molecular flexibility index (Phi) is 4.62. The highest BCUT2D eigenvalue weighted by atomic mass is 32.2. The third-order valence-corrected chi connectivity index (χ3v) is 3.74. The van der Waals surface area contributed by atoms with E-state index in [2.05, 4.69) is 4.72 Å². The minimum absolute atomic E-state index is 0.134. The largest absolute Gasteiger partial charge is 0.495 e. The highest BCUT2D eigenvalue weighted by molar-refractivity contribution is 7.87. The number of ether oxygens (including phenoxy) is 1. The Balaban J connectivity index is 2.76. The van der Waals surface area contributed by atoms with Crippen LogP contribution < -0.4 is 9.46 Å². The van der Waals surface area contributed by atoms with Gasteiger partial charge in [-0.3, -0.25) is 0 Å². The van der Waals surface area contributed by atoms with Crippen molar-refractivity contribution in [1.82, 2.24) is 0 Å². The van der Waals surface area contributed by atoms with E-state index in [0.29, 0.717) is 5.75 Å². The van der Waals surface area contributed by atoms with E-state index in [1.54, 1.807) is 7.11 Å². The summed E-state index contributed by atoms with van der Waals surface area (Å²) in [5, 5.41) is 0.134. The Labute approximate surface area is 93.4 Å². The van der Waals surface area contributed by atoms with Crippen molar-refractivity contribution >= 4 is 16.7 Å². The third-order valence-electron chi connectivity index (χ3n) is 2.26. The second-order valence-corrected chi connectivity index (χ2v) is 4.92. The Morgan fingerprint density at radius 1 is 1.47 bits per heavy atom. The molecule has 0 saturated heterocycles. The number of rotatable bonds is 5. The second kappa shape index (κ2) is 5.75. The Hall–Kier alpha value is -1.03. The van der Waals surface area contributed by atoms with E-state index < -0.39 is 11.0 Å². The molecule has 1 aromatic rings. The summed E-state index contributed by atoms with van der Waals surface area (Å²) in [6.45, 7) is 3.98. The van der Waals surface area contributed by atoms with E-state index in [9.17, 15) is 4.21 Å². The smallest absolute Gasteiger partial charge is 0.142 e. The van der Waals surface area contributed by atoms with Gasteiger partial charge in [0.1, 0.15) is 16.7 Å². The van der Waals surface area contributed by atoms with Crippen molar-refractivity contribution in [2.24, 2.45) is 0 Å². The molecule has 1 N–H and O–H groups in total. The fraction of sp³-hybridized carbons (Fsp3) is 0.455. The summed E-state index contributed by atoms with van der Waals surface area (Å²) in [6.07, 6.45) is 0.884. The van der Waals surface area contributed by atoms with Gasteiger partial charge in [-0.2, -0.15) is 0 Å². The Bertz CT molecular complexity index is 341. The van der Waals surface area contributed by atoms with Gasteiger partial charge < -0.3 is 9.46 Å². The van der Waals surface area contributed by atoms with Gasteiger partial charge in [0, 0.05) is 0 Å². The maximum atomic E-state index is 11.8. The van der Waals surface area contributed by atoms with Crippen LogP contribution in [0.25, 0.3) is 0 Å². The lowest BCUT2D eigenvalue weighted by atomic mass is 10.3. The van der Waals surface area contributed by atoms with Gasteiger partial charge in [-0.25, -0.2) is 4.21 Å². The van der Waals surface area contributed by atoms with Crippen molar-refractivity contribution in [2.45, 2.75) is 25.5 Å². The molecular weight excluding hydrogens is 210 g/mol. The van der Waals surface area contributed by atoms with Gasteiger partial charge in [0.2, 0.25) is 0 Å². The third kappa shape index (κ3) is 3.23. The monoisotopic (exact) mass is 227 g/mol. The van der Waals surface area contributed by atoms with Crippen LogP contribution in [0.4, 0.5) is 5.69 Å². The number of methoxy groups -OCH3 is 1. The first kappa shape index (κ1) is 12.0. The highest BCUT2D eigenvalue weighted by Gasteiger charge is 2.10. The number of anilines is 1. The first-order chi connectivity index (χ1) is 7.19. The van der Waals surface area contributed by atoms with Gasteiger partial charge in [0.25, 0.3) is 0 Å². The van der Waals surface area contributed by atoms with Gasteiger partial charge >= 0.3 is 0 Å². The molecule has 0 fully saturated rings. The van der Waals surface area contributed by atoms with E-state index in [1.165, 1.54) is 0 Å². The summed E-state index contributed by atoms with van der Waals surface area (Å²) in [5.74, 6) is 0.717. The molecule has 0 aliphatic carbocycles. The topological polar surface area (TPSA) is 38.3 Å². The molecule has 0 aliphatic rings. The fourth-order valence-electron chi connectivity index (χ4n) is 1.09. The van der Waals surface area contributed by atoms with Crippen LogP contribution in [0.3, 0.4) is 0 Å². The molecular formula is C11H17NO2S. The summed E-state index contributed by atoms with van der Waals surface area (Å²) in [7, 11) is 0.546. The molecule has 0 aromatic heterocycles. The number of benzene rings is 1. The van der Waals surface area contributed by atoms with Gasteiger partial charge in [0.05, 0.1) is 18.0 Å². The van der Waals surface area contributed by atoms with Gasteiger partial charge in [-0.15, -0.1) is 0 Å². The second-order valence-electron chi connectivity index (χ2n) is 3.32. The molecule has 15 heavy (non-hydrogen) atoms. The molecule has 0 heterocycles. The standard InChI is InChI=1S/C11H17NO2S/c1-4-9(2)15(13)12-10-7-5-6-8-11(10)14-3/h5-9,12H,4H2,1-3H3/t9-,15-/m0/s1. The van der Waals surface area contributed by atoms with Crippen molar-refractivity contribution < 1.29 is 8.95 Å². The lowest BCUT2D eigenvalue weighted by Crippen LogP contribution is -2.17. The molecule has 0 aliphatic heterocycles. The normalized spacial score (nSPS) is 14.3. The van der Waals surface area contributed by atoms with Gasteiger partial charge in [-0.1, -0.05) is 19.1 Å². The molecule has 1 rings (SSSR count). The van der Waals surface area contributed by atoms with Crippen molar-refractivity contribution in [1.29, 1.82) is 0 Å². The maximum Gasteiger partial charge on any atom is 0.142 e. The number of para-hydroxylation sites is 2. The lowest BCUT2D eigenvalue weighted by molar-refractivity contribution is 0.417. The van der Waals surface area contributed by atoms with Crippen LogP contribution in [0.15, 0.2) is 24.3 Å². The van der Waals surface area contributed by atoms with Crippen LogP contribution in [-0.2, 0) is 11.0 Å². The number of hydrogen-bond donors (Lipinski definition) is 1. The van der Waals surface area contributed by atoms with Crippen molar-refractivity contribution in [3.05, 3.63) is 24.3 Å². The van der Waals surface area contributed by atoms with Crippen LogP contribution in [-0.4, -0.2) is 16.6 Å². The van der Waals surface area contributed by atoms with Crippen LogP contribution >= 0.6 is 0 Å². The fourth-order valence-corrected chi connectivity index (χ4v) is 1.98. The molecule has 4 heteroatoms. The van der Waals surface area contributed by atoms with Crippen LogP contribution in [0.5, 0.6) is 5.75 Å². The van der Waals surface area contributed by atoms with Gasteiger partial charge in [-0.05, 0) is 25.5 Å². The summed E-state index contributed by atoms with van der Waals surface area (Å²) in [5.41, 5.74) is 0.777. The van der Waals surface area contributed by atoms with Crippen LogP contribution in [0, 0.1) is 0 Å². The maximum absolute atomic E-state index is 11.8. The summed E-state index contributed by atoms with van der Waals surface area (Å²) in [4.78, 5) is 0. The molecule has 2 atom stereocenters. The van der Waals surface area contributed by atoms with Crippen molar-refractivity contribution in [3.8, 4) is 5.75 Å². The zero-order valence-corrected chi connectivity index (χ0v) is 10.1. The predicted molar refractivity (Wildman–Crippen MR) is 64.5 cm³/mol. The van der Waals surface area contributed by atoms with Crippen LogP contribution in [0.2, 0.25) is 0 Å². The quantitative estimate of drug-likeness (QED) is 0.839. The number of nitrogens with one attached hydrogen (secondary N) is 1. The van der Waals surface area contributed by atoms with E-state index in [4.69, 9.17) is 4.74 Å². The molecule has 1 aromatic carbocycles. The average Bonchev–Trinajstić information content (AvgIpc) is 2.28. The van der Waals surface area contributed by atoms with Crippen molar-refractivity contribution in [3.63, 3.8) is 0 Å². The molecule has 0 unspecified atom stereocenters. The Morgan fingerprint density at radius 2 is 2.13 bits per heavy atom. The van der Waals surface area contributed by atoms with Crippen molar-refractivity contribution in [2.75, 3.05) is 11.8 Å². The predicted octanol–water partition coefficient (Wildman–Crippen LogP) is 2.57. The Morgan fingerprint density at radius 3 is 2.73 bits per heavy atom. The highest BCUT2D eigenvalue weighted by Crippen LogP contribution is 2.24. The molecule has 0 spiro atoms. The van der Waals surface area contributed by atoms with E-state index in [-0.39, 0.29) is 5.25 Å². The molecule has 0 saturated carbocycles. The van der Waals surface area contributed by atoms with E-state index >= 15 is 0 Å². The summed E-state index contributed by atoms with van der Waals surface area (Å²) >= 11 is 0. The molecule has 0 amide bonds. The molecule has 0 bridgehead atoms. The minimum atomic E-state index is -1.06. The molecule has 84 valence electrons. The minimum Gasteiger partial charge on any atom is -0.495 e. The lowest BCUT2D eigenvalue weighted by Gasteiger charge is -2.13. The first-order valence-corrected chi connectivity index (χ1v) is 6.20. The van der Waals surface area contributed by atoms with Gasteiger partial charge in [0.15, 0.2) is 0 Å². The molecule has 3 nitrogen and oxygen atoms in total. The van der Waals surface area contributed by atoms with E-state index in [1.807, 2.05) is 38.1 Å². The summed E-state index contributed by atoms with van der Waals surface area (Å²) in [6, 6.07) is 7.48. The average molecular weight is 227 g/mol. The zero-order valence-electron chi connectivity index (χ0n) is 9.32. The van der Waals surface area contributed by atoms with Crippen LogP contribution in [0.1, 0.15) is 20.3 Å². The van der Waals surface area contributed by atoms with E-state index in [0.717, 1.165) is 12.1 Å². The number of hydrogen-bond acceptors (Lipinski definition) is 2. The zero-order chi connectivity index (χ0) is 11.3. The summed E-state index contributed by atoms with van der Waals surface area (Å²) < 4.78 is 19.9. The molecule has 0 radical (unpaired) electrons. The SMILES string of the molecule is CC[C@H](C)[S@](=O)Nc1ccccc1OC.